The van der Waals surface area contributed by atoms with Crippen molar-refractivity contribution in [2.24, 2.45) is 0 Å². The Balaban J connectivity index is 1.34. The van der Waals surface area contributed by atoms with E-state index in [-0.39, 0.29) is 5.91 Å². The van der Waals surface area contributed by atoms with Crippen molar-refractivity contribution in [3.8, 4) is 5.75 Å². The van der Waals surface area contributed by atoms with Gasteiger partial charge < -0.3 is 14.5 Å². The maximum absolute atomic E-state index is 12.7. The van der Waals surface area contributed by atoms with Crippen molar-refractivity contribution >= 4 is 22.5 Å². The summed E-state index contributed by atoms with van der Waals surface area (Å²) in [6, 6.07) is 14.3. The standard InChI is InChI=1S/C22H26N4O2/c1-17-7-8-19-18(15-17)16-23-26(19)10-9-22(27)25-13-11-24(12-14-25)20-5-3-4-6-21(20)28-2/h3-8,15-16H,9-14H2,1-2H3. The first-order valence-corrected chi connectivity index (χ1v) is 9.73. The molecule has 3 aromatic rings. The van der Waals surface area contributed by atoms with Gasteiger partial charge in [0.15, 0.2) is 0 Å². The highest BCUT2D eigenvalue weighted by molar-refractivity contribution is 5.80. The molecule has 1 saturated heterocycles. The Bertz CT molecular complexity index is 974. The minimum Gasteiger partial charge on any atom is -0.495 e. The van der Waals surface area contributed by atoms with Gasteiger partial charge in [0.05, 0.1) is 31.1 Å². The zero-order valence-corrected chi connectivity index (χ0v) is 16.5. The molecule has 1 aromatic heterocycles. The third-order valence-corrected chi connectivity index (χ3v) is 5.39. The minimum absolute atomic E-state index is 0.190. The van der Waals surface area contributed by atoms with Gasteiger partial charge >= 0.3 is 0 Å². The minimum atomic E-state index is 0.190. The number of amides is 1. The van der Waals surface area contributed by atoms with Gasteiger partial charge in [-0.15, -0.1) is 0 Å². The summed E-state index contributed by atoms with van der Waals surface area (Å²) < 4.78 is 7.39. The van der Waals surface area contributed by atoms with Crippen LogP contribution >= 0.6 is 0 Å². The molecule has 146 valence electrons. The summed E-state index contributed by atoms with van der Waals surface area (Å²) in [6.07, 6.45) is 2.35. The predicted molar refractivity (Wildman–Crippen MR) is 111 cm³/mol. The average molecular weight is 378 g/mol. The molecule has 1 amide bonds. The number of aromatic nitrogens is 2. The number of carbonyl (C=O) groups is 1. The van der Waals surface area contributed by atoms with Crippen molar-refractivity contribution in [2.45, 2.75) is 19.9 Å². The molecule has 2 aromatic carbocycles. The summed E-state index contributed by atoms with van der Waals surface area (Å²) >= 11 is 0. The molecule has 0 saturated carbocycles. The lowest BCUT2D eigenvalue weighted by atomic mass is 10.2. The largest absolute Gasteiger partial charge is 0.495 e. The van der Waals surface area contributed by atoms with Gasteiger partial charge in [-0.05, 0) is 31.2 Å². The molecule has 0 atom stereocenters. The number of benzene rings is 2. The van der Waals surface area contributed by atoms with Crippen molar-refractivity contribution in [2.75, 3.05) is 38.2 Å². The molecule has 0 bridgehead atoms. The predicted octanol–water partition coefficient (Wildman–Crippen LogP) is 3.09. The van der Waals surface area contributed by atoms with E-state index in [9.17, 15) is 4.79 Å². The molecule has 2 heterocycles. The quantitative estimate of drug-likeness (QED) is 0.685. The molecule has 4 rings (SSSR count). The number of nitrogens with zero attached hydrogens (tertiary/aromatic N) is 4. The number of para-hydroxylation sites is 2. The van der Waals surface area contributed by atoms with Gasteiger partial charge in [-0.1, -0.05) is 23.8 Å². The Labute approximate surface area is 165 Å². The Hall–Kier alpha value is -3.02. The molecule has 0 radical (unpaired) electrons. The van der Waals surface area contributed by atoms with Crippen LogP contribution in [-0.2, 0) is 11.3 Å². The van der Waals surface area contributed by atoms with Gasteiger partial charge in [0.1, 0.15) is 5.75 Å². The Kier molecular flexibility index (Phi) is 5.19. The van der Waals surface area contributed by atoms with Gasteiger partial charge in [-0.3, -0.25) is 9.48 Å². The second-order valence-electron chi connectivity index (χ2n) is 7.22. The first-order valence-electron chi connectivity index (χ1n) is 9.73. The van der Waals surface area contributed by atoms with Crippen LogP contribution in [0.25, 0.3) is 10.9 Å². The van der Waals surface area contributed by atoms with E-state index >= 15 is 0 Å². The Morgan fingerprint density at radius 2 is 1.89 bits per heavy atom. The number of aryl methyl sites for hydroxylation is 2. The Morgan fingerprint density at radius 3 is 2.68 bits per heavy atom. The first-order chi connectivity index (χ1) is 13.7. The third-order valence-electron chi connectivity index (χ3n) is 5.39. The number of rotatable bonds is 5. The summed E-state index contributed by atoms with van der Waals surface area (Å²) in [7, 11) is 1.69. The summed E-state index contributed by atoms with van der Waals surface area (Å²) in [5.74, 6) is 1.07. The molecule has 0 aliphatic carbocycles. The highest BCUT2D eigenvalue weighted by Gasteiger charge is 2.22. The van der Waals surface area contributed by atoms with Crippen LogP contribution in [0.3, 0.4) is 0 Å². The van der Waals surface area contributed by atoms with Gasteiger partial charge in [0.25, 0.3) is 0 Å². The number of piperazine rings is 1. The van der Waals surface area contributed by atoms with E-state index in [1.165, 1.54) is 5.56 Å². The van der Waals surface area contributed by atoms with Crippen molar-refractivity contribution in [3.63, 3.8) is 0 Å². The van der Waals surface area contributed by atoms with E-state index in [4.69, 9.17) is 4.74 Å². The number of ether oxygens (including phenoxy) is 1. The molecule has 1 fully saturated rings. The van der Waals surface area contributed by atoms with Crippen LogP contribution in [0.4, 0.5) is 5.69 Å². The van der Waals surface area contributed by atoms with Crippen LogP contribution in [0, 0.1) is 6.92 Å². The molecule has 1 aliphatic heterocycles. The summed E-state index contributed by atoms with van der Waals surface area (Å²) in [5, 5.41) is 5.57. The molecule has 1 aliphatic rings. The number of carbonyl (C=O) groups excluding carboxylic acids is 1. The second-order valence-corrected chi connectivity index (χ2v) is 7.22. The van der Waals surface area contributed by atoms with Crippen LogP contribution < -0.4 is 9.64 Å². The summed E-state index contributed by atoms with van der Waals surface area (Å²) in [5.41, 5.74) is 3.39. The highest BCUT2D eigenvalue weighted by Crippen LogP contribution is 2.28. The van der Waals surface area contributed by atoms with Crippen molar-refractivity contribution in [3.05, 3.63) is 54.2 Å². The number of fused-ring (bicyclic) bond motifs is 1. The maximum atomic E-state index is 12.7. The van der Waals surface area contributed by atoms with E-state index < -0.39 is 0 Å². The zero-order chi connectivity index (χ0) is 19.5. The summed E-state index contributed by atoms with van der Waals surface area (Å²) in [6.45, 7) is 5.78. The van der Waals surface area contributed by atoms with Gasteiger partial charge in [-0.25, -0.2) is 0 Å². The molecule has 0 unspecified atom stereocenters. The van der Waals surface area contributed by atoms with Gasteiger partial charge in [0.2, 0.25) is 5.91 Å². The number of methoxy groups -OCH3 is 1. The number of hydrogen-bond acceptors (Lipinski definition) is 4. The van der Waals surface area contributed by atoms with E-state index in [1.807, 2.05) is 34.0 Å². The summed E-state index contributed by atoms with van der Waals surface area (Å²) in [4.78, 5) is 16.9. The second kappa shape index (κ2) is 7.92. The fourth-order valence-corrected chi connectivity index (χ4v) is 3.83. The van der Waals surface area contributed by atoms with Crippen LogP contribution in [0.2, 0.25) is 0 Å². The first kappa shape index (κ1) is 18.3. The van der Waals surface area contributed by atoms with Gasteiger partial charge in [0, 0.05) is 38.0 Å². The zero-order valence-electron chi connectivity index (χ0n) is 16.5. The monoisotopic (exact) mass is 378 g/mol. The molecular formula is C22H26N4O2. The van der Waals surface area contributed by atoms with Crippen LogP contribution in [-0.4, -0.2) is 53.9 Å². The number of anilines is 1. The van der Waals surface area contributed by atoms with E-state index in [1.54, 1.807) is 7.11 Å². The maximum Gasteiger partial charge on any atom is 0.224 e. The van der Waals surface area contributed by atoms with E-state index in [2.05, 4.69) is 41.2 Å². The van der Waals surface area contributed by atoms with E-state index in [0.717, 1.165) is 48.5 Å². The third kappa shape index (κ3) is 3.67. The molecule has 0 N–H and O–H groups in total. The van der Waals surface area contributed by atoms with E-state index in [0.29, 0.717) is 13.0 Å². The van der Waals surface area contributed by atoms with Crippen LogP contribution in [0.1, 0.15) is 12.0 Å². The lowest BCUT2D eigenvalue weighted by Gasteiger charge is -2.36. The number of hydrogen-bond donors (Lipinski definition) is 0. The topological polar surface area (TPSA) is 50.6 Å². The lowest BCUT2D eigenvalue weighted by Crippen LogP contribution is -2.49. The molecule has 6 nitrogen and oxygen atoms in total. The van der Waals surface area contributed by atoms with Crippen LogP contribution in [0.15, 0.2) is 48.7 Å². The molecule has 0 spiro atoms. The molecular weight excluding hydrogens is 352 g/mol. The average Bonchev–Trinajstić information content (AvgIpc) is 3.14. The lowest BCUT2D eigenvalue weighted by molar-refractivity contribution is -0.131. The van der Waals surface area contributed by atoms with Crippen molar-refractivity contribution in [1.82, 2.24) is 14.7 Å². The molecule has 6 heteroatoms. The SMILES string of the molecule is COc1ccccc1N1CCN(C(=O)CCn2ncc3cc(C)ccc32)CC1. The fourth-order valence-electron chi connectivity index (χ4n) is 3.83. The Morgan fingerprint density at radius 1 is 1.11 bits per heavy atom. The molecule has 28 heavy (non-hydrogen) atoms. The fraction of sp³-hybridized carbons (Fsp3) is 0.364. The van der Waals surface area contributed by atoms with Gasteiger partial charge in [-0.2, -0.15) is 5.10 Å². The highest BCUT2D eigenvalue weighted by atomic mass is 16.5. The smallest absolute Gasteiger partial charge is 0.224 e. The van der Waals surface area contributed by atoms with Crippen LogP contribution in [0.5, 0.6) is 5.75 Å². The van der Waals surface area contributed by atoms with Crippen molar-refractivity contribution in [1.29, 1.82) is 0 Å². The normalized spacial score (nSPS) is 14.5. The van der Waals surface area contributed by atoms with Crippen molar-refractivity contribution < 1.29 is 9.53 Å².